The maximum atomic E-state index is 13.6. The molecule has 1 heterocycles. The molecular formula is C13H14FN3O. The van der Waals surface area contributed by atoms with Crippen molar-refractivity contribution in [2.45, 2.75) is 13.3 Å². The fraction of sp³-hybridized carbons (Fsp3) is 0.231. The van der Waals surface area contributed by atoms with Gasteiger partial charge in [-0.15, -0.1) is 0 Å². The lowest BCUT2D eigenvalue weighted by Crippen LogP contribution is -2.03. The Bertz CT molecular complexity index is 528. The monoisotopic (exact) mass is 247 g/mol. The van der Waals surface area contributed by atoms with Crippen molar-refractivity contribution >= 4 is 5.82 Å². The van der Waals surface area contributed by atoms with Gasteiger partial charge in [-0.2, -0.15) is 0 Å². The van der Waals surface area contributed by atoms with Gasteiger partial charge in [0, 0.05) is 6.42 Å². The van der Waals surface area contributed by atoms with Crippen LogP contribution in [-0.4, -0.2) is 16.6 Å². The zero-order valence-corrected chi connectivity index (χ0v) is 10.1. The largest absolute Gasteiger partial charge is 0.494 e. The summed E-state index contributed by atoms with van der Waals surface area (Å²) in [4.78, 5) is 7.49. The molecule has 0 aliphatic carbocycles. The second-order valence-corrected chi connectivity index (χ2v) is 3.77. The molecule has 1 aromatic carbocycles. The van der Waals surface area contributed by atoms with E-state index in [-0.39, 0.29) is 5.82 Å². The number of halogens is 1. The van der Waals surface area contributed by atoms with Crippen molar-refractivity contribution < 1.29 is 9.13 Å². The third-order valence-corrected chi connectivity index (χ3v) is 2.49. The van der Waals surface area contributed by atoms with E-state index in [0.717, 1.165) is 11.3 Å². The summed E-state index contributed by atoms with van der Waals surface area (Å²) in [5.74, 6) is 0.126. The molecule has 2 rings (SSSR count). The van der Waals surface area contributed by atoms with Crippen LogP contribution in [0.4, 0.5) is 10.2 Å². The smallest absolute Gasteiger partial charge is 0.187 e. The molecule has 0 atom stereocenters. The summed E-state index contributed by atoms with van der Waals surface area (Å²) >= 11 is 0. The van der Waals surface area contributed by atoms with E-state index in [4.69, 9.17) is 10.5 Å². The molecule has 0 fully saturated rings. The number of benzene rings is 1. The highest BCUT2D eigenvalue weighted by atomic mass is 19.1. The van der Waals surface area contributed by atoms with Crippen molar-refractivity contribution in [3.63, 3.8) is 0 Å². The molecule has 0 saturated heterocycles. The number of nitrogens with two attached hydrogens (primary N) is 1. The Morgan fingerprint density at radius 2 is 1.94 bits per heavy atom. The maximum absolute atomic E-state index is 13.6. The van der Waals surface area contributed by atoms with E-state index in [0.29, 0.717) is 18.7 Å². The molecule has 2 aromatic rings. The van der Waals surface area contributed by atoms with Crippen LogP contribution in [0.2, 0.25) is 0 Å². The average Bonchev–Trinajstić information content (AvgIpc) is 2.38. The summed E-state index contributed by atoms with van der Waals surface area (Å²) in [6.45, 7) is 2.55. The molecular weight excluding hydrogens is 233 g/mol. The molecule has 0 unspecified atom stereocenters. The minimum Gasteiger partial charge on any atom is -0.494 e. The Hall–Kier alpha value is -2.17. The van der Waals surface area contributed by atoms with Gasteiger partial charge in [-0.05, 0) is 24.6 Å². The SMILES string of the molecule is CCOc1ccc(Cc2ncnc(N)c2F)cc1. The normalized spacial score (nSPS) is 10.3. The van der Waals surface area contributed by atoms with Gasteiger partial charge >= 0.3 is 0 Å². The summed E-state index contributed by atoms with van der Waals surface area (Å²) in [7, 11) is 0. The average molecular weight is 247 g/mol. The van der Waals surface area contributed by atoms with Gasteiger partial charge in [0.05, 0.1) is 12.3 Å². The summed E-state index contributed by atoms with van der Waals surface area (Å²) in [5.41, 5.74) is 6.63. The van der Waals surface area contributed by atoms with Gasteiger partial charge in [0.1, 0.15) is 12.1 Å². The van der Waals surface area contributed by atoms with Gasteiger partial charge in [-0.25, -0.2) is 14.4 Å². The first-order chi connectivity index (χ1) is 8.70. The van der Waals surface area contributed by atoms with E-state index in [1.54, 1.807) is 0 Å². The van der Waals surface area contributed by atoms with Crippen molar-refractivity contribution in [3.05, 3.63) is 47.7 Å². The Morgan fingerprint density at radius 3 is 2.61 bits per heavy atom. The highest BCUT2D eigenvalue weighted by Crippen LogP contribution is 2.17. The van der Waals surface area contributed by atoms with Crippen LogP contribution in [0.3, 0.4) is 0 Å². The van der Waals surface area contributed by atoms with Crippen LogP contribution in [0.25, 0.3) is 0 Å². The number of ether oxygens (including phenoxy) is 1. The summed E-state index contributed by atoms with van der Waals surface area (Å²) in [5, 5.41) is 0. The summed E-state index contributed by atoms with van der Waals surface area (Å²) in [6, 6.07) is 7.45. The number of anilines is 1. The van der Waals surface area contributed by atoms with E-state index in [2.05, 4.69) is 9.97 Å². The minimum atomic E-state index is -0.550. The predicted octanol–water partition coefficient (Wildman–Crippen LogP) is 2.19. The molecule has 2 N–H and O–H groups in total. The number of nitrogen functional groups attached to an aromatic ring is 1. The fourth-order valence-corrected chi connectivity index (χ4v) is 1.61. The van der Waals surface area contributed by atoms with E-state index in [1.165, 1.54) is 6.33 Å². The first kappa shape index (κ1) is 12.3. The molecule has 18 heavy (non-hydrogen) atoms. The van der Waals surface area contributed by atoms with Gasteiger partial charge in [-0.1, -0.05) is 12.1 Å². The van der Waals surface area contributed by atoms with Crippen LogP contribution >= 0.6 is 0 Å². The van der Waals surface area contributed by atoms with Crippen molar-refractivity contribution in [1.29, 1.82) is 0 Å². The Kier molecular flexibility index (Phi) is 3.72. The first-order valence-electron chi connectivity index (χ1n) is 5.67. The maximum Gasteiger partial charge on any atom is 0.187 e. The summed E-state index contributed by atoms with van der Waals surface area (Å²) in [6.07, 6.45) is 1.65. The lowest BCUT2D eigenvalue weighted by atomic mass is 10.1. The molecule has 0 radical (unpaired) electrons. The van der Waals surface area contributed by atoms with Crippen LogP contribution in [0.1, 0.15) is 18.2 Å². The molecule has 0 bridgehead atoms. The molecule has 5 heteroatoms. The molecule has 1 aromatic heterocycles. The van der Waals surface area contributed by atoms with Crippen LogP contribution in [0, 0.1) is 5.82 Å². The molecule has 0 aliphatic rings. The number of nitrogens with zero attached hydrogens (tertiary/aromatic N) is 2. The molecule has 94 valence electrons. The van der Waals surface area contributed by atoms with E-state index in [1.807, 2.05) is 31.2 Å². The molecule has 0 spiro atoms. The van der Waals surface area contributed by atoms with Gasteiger partial charge in [0.2, 0.25) is 0 Å². The Labute approximate surface area is 105 Å². The van der Waals surface area contributed by atoms with Crippen LogP contribution < -0.4 is 10.5 Å². The first-order valence-corrected chi connectivity index (χ1v) is 5.67. The van der Waals surface area contributed by atoms with Crippen LogP contribution in [-0.2, 0) is 6.42 Å². The van der Waals surface area contributed by atoms with Gasteiger partial charge < -0.3 is 10.5 Å². The quantitative estimate of drug-likeness (QED) is 0.899. The second-order valence-electron chi connectivity index (χ2n) is 3.77. The number of hydrogen-bond donors (Lipinski definition) is 1. The molecule has 0 amide bonds. The highest BCUT2D eigenvalue weighted by Gasteiger charge is 2.09. The highest BCUT2D eigenvalue weighted by molar-refractivity contribution is 5.35. The second kappa shape index (κ2) is 5.44. The lowest BCUT2D eigenvalue weighted by Gasteiger charge is -2.06. The zero-order valence-electron chi connectivity index (χ0n) is 10.1. The van der Waals surface area contributed by atoms with E-state index in [9.17, 15) is 4.39 Å². The van der Waals surface area contributed by atoms with Crippen molar-refractivity contribution in [1.82, 2.24) is 9.97 Å². The van der Waals surface area contributed by atoms with Crippen LogP contribution in [0.5, 0.6) is 5.75 Å². The lowest BCUT2D eigenvalue weighted by molar-refractivity contribution is 0.340. The molecule has 4 nitrogen and oxygen atoms in total. The number of hydrogen-bond acceptors (Lipinski definition) is 4. The van der Waals surface area contributed by atoms with E-state index >= 15 is 0 Å². The van der Waals surface area contributed by atoms with E-state index < -0.39 is 5.82 Å². The molecule has 0 saturated carbocycles. The van der Waals surface area contributed by atoms with Gasteiger partial charge in [0.15, 0.2) is 11.6 Å². The molecule has 0 aliphatic heterocycles. The standard InChI is InChI=1S/C13H14FN3O/c1-2-18-10-5-3-9(4-6-10)7-11-12(14)13(15)17-8-16-11/h3-6,8H,2,7H2,1H3,(H2,15,16,17). The van der Waals surface area contributed by atoms with Gasteiger partial charge in [0.25, 0.3) is 0 Å². The zero-order chi connectivity index (χ0) is 13.0. The number of aromatic nitrogens is 2. The predicted molar refractivity (Wildman–Crippen MR) is 66.8 cm³/mol. The third-order valence-electron chi connectivity index (χ3n) is 2.49. The van der Waals surface area contributed by atoms with Crippen molar-refractivity contribution in [2.75, 3.05) is 12.3 Å². The fourth-order valence-electron chi connectivity index (χ4n) is 1.61. The van der Waals surface area contributed by atoms with Crippen molar-refractivity contribution in [2.24, 2.45) is 0 Å². The topological polar surface area (TPSA) is 61.0 Å². The number of rotatable bonds is 4. The minimum absolute atomic E-state index is 0.120. The third kappa shape index (κ3) is 2.74. The van der Waals surface area contributed by atoms with Crippen LogP contribution in [0.15, 0.2) is 30.6 Å². The Morgan fingerprint density at radius 1 is 1.22 bits per heavy atom. The summed E-state index contributed by atoms with van der Waals surface area (Å²) < 4.78 is 18.9. The van der Waals surface area contributed by atoms with Crippen molar-refractivity contribution in [3.8, 4) is 5.75 Å². The Balaban J connectivity index is 2.16. The van der Waals surface area contributed by atoms with Gasteiger partial charge in [-0.3, -0.25) is 0 Å².